The van der Waals surface area contributed by atoms with Gasteiger partial charge in [-0.2, -0.15) is 0 Å². The highest BCUT2D eigenvalue weighted by molar-refractivity contribution is 5.97. The van der Waals surface area contributed by atoms with E-state index in [1.807, 2.05) is 27.7 Å². The molecule has 2 rings (SSSR count). The average molecular weight is 332 g/mol. The molecule has 0 aliphatic heterocycles. The van der Waals surface area contributed by atoms with Gasteiger partial charge in [0.05, 0.1) is 31.0 Å². The summed E-state index contributed by atoms with van der Waals surface area (Å²) in [6.45, 7) is 7.97. The van der Waals surface area contributed by atoms with Crippen molar-refractivity contribution in [3.8, 4) is 11.5 Å². The molecular weight excluding hydrogens is 308 g/mol. The maximum absolute atomic E-state index is 12.8. The number of methoxy groups -OCH3 is 1. The van der Waals surface area contributed by atoms with E-state index in [1.165, 1.54) is 0 Å². The third-order valence-corrected chi connectivity index (χ3v) is 3.71. The molecule has 0 unspecified atom stereocenters. The third-order valence-electron chi connectivity index (χ3n) is 3.71. The first-order valence-corrected chi connectivity index (χ1v) is 7.85. The van der Waals surface area contributed by atoms with Crippen LogP contribution in [0.15, 0.2) is 22.7 Å². The molecule has 1 amide bonds. The minimum absolute atomic E-state index is 0.0449. The van der Waals surface area contributed by atoms with Crippen LogP contribution in [-0.4, -0.2) is 36.2 Å². The molecule has 0 radical (unpaired) electrons. The van der Waals surface area contributed by atoms with E-state index in [0.29, 0.717) is 23.6 Å². The highest BCUT2D eigenvalue weighted by Crippen LogP contribution is 2.27. The van der Waals surface area contributed by atoms with Crippen LogP contribution in [0.4, 0.5) is 0 Å². The molecule has 0 saturated heterocycles. The predicted octanol–water partition coefficient (Wildman–Crippen LogP) is 3.36. The molecule has 0 N–H and O–H groups in total. The van der Waals surface area contributed by atoms with Gasteiger partial charge in [0.15, 0.2) is 0 Å². The molecule has 0 saturated carbocycles. The summed E-state index contributed by atoms with van der Waals surface area (Å²) in [4.78, 5) is 14.5. The van der Waals surface area contributed by atoms with Gasteiger partial charge in [-0.25, -0.2) is 0 Å². The van der Waals surface area contributed by atoms with Crippen molar-refractivity contribution in [1.82, 2.24) is 10.1 Å². The minimum atomic E-state index is -0.131. The summed E-state index contributed by atoms with van der Waals surface area (Å²) >= 11 is 0. The van der Waals surface area contributed by atoms with E-state index in [9.17, 15) is 4.79 Å². The fraction of sp³-hybridized carbons (Fsp3) is 0.444. The number of aryl methyl sites for hydroxylation is 2. The zero-order valence-corrected chi connectivity index (χ0v) is 15.0. The van der Waals surface area contributed by atoms with Crippen LogP contribution in [0.2, 0.25) is 0 Å². The molecule has 1 heterocycles. The first-order chi connectivity index (χ1) is 11.3. The van der Waals surface area contributed by atoms with Crippen molar-refractivity contribution in [2.75, 3.05) is 14.2 Å². The molecule has 0 bridgehead atoms. The molecule has 0 spiro atoms. The van der Waals surface area contributed by atoms with Gasteiger partial charge in [0.2, 0.25) is 0 Å². The van der Waals surface area contributed by atoms with Crippen LogP contribution in [0.25, 0.3) is 0 Å². The fourth-order valence-corrected chi connectivity index (χ4v) is 2.40. The Morgan fingerprint density at radius 3 is 2.58 bits per heavy atom. The van der Waals surface area contributed by atoms with E-state index in [2.05, 4.69) is 5.16 Å². The molecule has 6 heteroatoms. The summed E-state index contributed by atoms with van der Waals surface area (Å²) in [5, 5.41) is 3.93. The first kappa shape index (κ1) is 17.8. The second-order valence-electron chi connectivity index (χ2n) is 5.99. The summed E-state index contributed by atoms with van der Waals surface area (Å²) in [6.07, 6.45) is -0.0449. The van der Waals surface area contributed by atoms with E-state index in [4.69, 9.17) is 14.0 Å². The molecule has 24 heavy (non-hydrogen) atoms. The van der Waals surface area contributed by atoms with E-state index in [-0.39, 0.29) is 12.0 Å². The number of amides is 1. The molecule has 0 fully saturated rings. The van der Waals surface area contributed by atoms with Crippen LogP contribution >= 0.6 is 0 Å². The standard InChI is InChI=1S/C18H24N2O4/c1-11(2)23-17-9-14(22-6)7-8-15(17)18(21)20(5)10-16-12(3)19-24-13(16)4/h7-9,11H,10H2,1-6H3. The van der Waals surface area contributed by atoms with Crippen LogP contribution in [0, 0.1) is 13.8 Å². The smallest absolute Gasteiger partial charge is 0.257 e. The van der Waals surface area contributed by atoms with Gasteiger partial charge in [-0.1, -0.05) is 5.16 Å². The summed E-state index contributed by atoms with van der Waals surface area (Å²) in [7, 11) is 3.33. The van der Waals surface area contributed by atoms with Crippen LogP contribution in [0.5, 0.6) is 11.5 Å². The van der Waals surface area contributed by atoms with Crippen molar-refractivity contribution in [2.45, 2.75) is 40.3 Å². The number of carbonyl (C=O) groups is 1. The molecule has 0 aliphatic rings. The molecule has 2 aromatic rings. The number of rotatable bonds is 6. The van der Waals surface area contributed by atoms with Crippen molar-refractivity contribution in [3.05, 3.63) is 40.8 Å². The average Bonchev–Trinajstić information content (AvgIpc) is 2.85. The van der Waals surface area contributed by atoms with Gasteiger partial charge in [-0.15, -0.1) is 0 Å². The Morgan fingerprint density at radius 2 is 2.04 bits per heavy atom. The number of hydrogen-bond donors (Lipinski definition) is 0. The molecule has 0 atom stereocenters. The zero-order chi connectivity index (χ0) is 17.9. The van der Waals surface area contributed by atoms with Gasteiger partial charge in [0, 0.05) is 18.7 Å². The van der Waals surface area contributed by atoms with Crippen molar-refractivity contribution in [2.24, 2.45) is 0 Å². The molecule has 130 valence electrons. The highest BCUT2D eigenvalue weighted by Gasteiger charge is 2.21. The number of hydrogen-bond acceptors (Lipinski definition) is 5. The summed E-state index contributed by atoms with van der Waals surface area (Å²) in [5.41, 5.74) is 2.21. The Labute approximate surface area is 142 Å². The number of benzene rings is 1. The second kappa shape index (κ2) is 7.38. The fourth-order valence-electron chi connectivity index (χ4n) is 2.40. The Morgan fingerprint density at radius 1 is 1.33 bits per heavy atom. The van der Waals surface area contributed by atoms with Crippen molar-refractivity contribution >= 4 is 5.91 Å². The lowest BCUT2D eigenvalue weighted by Gasteiger charge is -2.20. The third kappa shape index (κ3) is 3.88. The summed E-state index contributed by atoms with van der Waals surface area (Å²) in [6, 6.07) is 5.21. The lowest BCUT2D eigenvalue weighted by Crippen LogP contribution is -2.27. The Balaban J connectivity index is 2.27. The van der Waals surface area contributed by atoms with Crippen LogP contribution in [0.1, 0.15) is 41.2 Å². The maximum Gasteiger partial charge on any atom is 0.257 e. The zero-order valence-electron chi connectivity index (χ0n) is 15.0. The summed E-state index contributed by atoms with van der Waals surface area (Å²) in [5.74, 6) is 1.75. The van der Waals surface area contributed by atoms with Gasteiger partial charge >= 0.3 is 0 Å². The van der Waals surface area contributed by atoms with E-state index >= 15 is 0 Å². The largest absolute Gasteiger partial charge is 0.497 e. The Bertz CT molecular complexity index is 702. The lowest BCUT2D eigenvalue weighted by molar-refractivity contribution is 0.0778. The van der Waals surface area contributed by atoms with Gasteiger partial charge in [-0.3, -0.25) is 4.79 Å². The number of aromatic nitrogens is 1. The van der Waals surface area contributed by atoms with Crippen LogP contribution in [-0.2, 0) is 6.54 Å². The van der Waals surface area contributed by atoms with Gasteiger partial charge in [0.25, 0.3) is 5.91 Å². The maximum atomic E-state index is 12.8. The highest BCUT2D eigenvalue weighted by atomic mass is 16.5. The van der Waals surface area contributed by atoms with Crippen LogP contribution in [0.3, 0.4) is 0 Å². The van der Waals surface area contributed by atoms with E-state index in [1.54, 1.807) is 37.3 Å². The van der Waals surface area contributed by atoms with E-state index < -0.39 is 0 Å². The monoisotopic (exact) mass is 332 g/mol. The predicted molar refractivity (Wildman–Crippen MR) is 90.5 cm³/mol. The topological polar surface area (TPSA) is 64.8 Å². The molecule has 1 aromatic heterocycles. The number of ether oxygens (including phenoxy) is 2. The van der Waals surface area contributed by atoms with Gasteiger partial charge < -0.3 is 18.9 Å². The number of carbonyl (C=O) groups excluding carboxylic acids is 1. The molecule has 0 aliphatic carbocycles. The Kier molecular flexibility index (Phi) is 5.49. The van der Waals surface area contributed by atoms with Crippen molar-refractivity contribution in [1.29, 1.82) is 0 Å². The lowest BCUT2D eigenvalue weighted by atomic mass is 10.1. The normalized spacial score (nSPS) is 10.8. The van der Waals surface area contributed by atoms with Crippen molar-refractivity contribution < 1.29 is 18.8 Å². The Hall–Kier alpha value is -2.50. The SMILES string of the molecule is COc1ccc(C(=O)N(C)Cc2c(C)noc2C)c(OC(C)C)c1. The molecule has 1 aromatic carbocycles. The van der Waals surface area contributed by atoms with Crippen molar-refractivity contribution in [3.63, 3.8) is 0 Å². The molecule has 6 nitrogen and oxygen atoms in total. The van der Waals surface area contributed by atoms with Crippen LogP contribution < -0.4 is 9.47 Å². The van der Waals surface area contributed by atoms with Gasteiger partial charge in [-0.05, 0) is 39.8 Å². The molecular formula is C18H24N2O4. The van der Waals surface area contributed by atoms with Gasteiger partial charge in [0.1, 0.15) is 17.3 Å². The first-order valence-electron chi connectivity index (χ1n) is 7.85. The van der Waals surface area contributed by atoms with E-state index in [0.717, 1.165) is 17.0 Å². The summed E-state index contributed by atoms with van der Waals surface area (Å²) < 4.78 is 16.2. The second-order valence-corrected chi connectivity index (χ2v) is 5.99. The number of nitrogens with zero attached hydrogens (tertiary/aromatic N) is 2. The quantitative estimate of drug-likeness (QED) is 0.811. The minimum Gasteiger partial charge on any atom is -0.497 e.